The summed E-state index contributed by atoms with van der Waals surface area (Å²) in [5.41, 5.74) is 1.13. The van der Waals surface area contributed by atoms with E-state index in [1.54, 1.807) is 0 Å². The molecule has 31 heavy (non-hydrogen) atoms. The SMILES string of the molecule is O=C(O)CC/C=C\CC[C@H]1[C@@H](OC/C=C/c2ccccc2)CC(=O)[C@@H]1N1CCOCC1. The molecular formula is C25H33NO5. The normalized spacial score (nSPS) is 25.0. The van der Waals surface area contributed by atoms with E-state index in [1.165, 1.54) is 0 Å². The Labute approximate surface area is 184 Å². The number of aliphatic carboxylic acids is 1. The van der Waals surface area contributed by atoms with Crippen molar-refractivity contribution in [3.63, 3.8) is 0 Å². The zero-order chi connectivity index (χ0) is 21.9. The summed E-state index contributed by atoms with van der Waals surface area (Å²) >= 11 is 0. The molecule has 1 aliphatic carbocycles. The second-order valence-corrected chi connectivity index (χ2v) is 8.09. The lowest BCUT2D eigenvalue weighted by atomic mass is 9.93. The fourth-order valence-electron chi connectivity index (χ4n) is 4.43. The highest BCUT2D eigenvalue weighted by atomic mass is 16.5. The Morgan fingerprint density at radius 1 is 1.13 bits per heavy atom. The number of hydrogen-bond acceptors (Lipinski definition) is 5. The van der Waals surface area contributed by atoms with Gasteiger partial charge in [0.25, 0.3) is 0 Å². The summed E-state index contributed by atoms with van der Waals surface area (Å²) in [7, 11) is 0. The fraction of sp³-hybridized carbons (Fsp3) is 0.520. The Morgan fingerprint density at radius 3 is 2.61 bits per heavy atom. The van der Waals surface area contributed by atoms with Crippen LogP contribution in [0.3, 0.4) is 0 Å². The molecule has 1 saturated heterocycles. The lowest BCUT2D eigenvalue weighted by Gasteiger charge is -2.35. The first-order chi connectivity index (χ1) is 15.1. The predicted octanol–water partition coefficient (Wildman–Crippen LogP) is 3.58. The van der Waals surface area contributed by atoms with Gasteiger partial charge in [0.05, 0.1) is 32.0 Å². The summed E-state index contributed by atoms with van der Waals surface area (Å²) in [5, 5.41) is 8.75. The van der Waals surface area contributed by atoms with Gasteiger partial charge in [-0.15, -0.1) is 0 Å². The standard InChI is InChI=1S/C25H33NO5/c27-22-19-23(31-16-8-11-20-9-4-3-5-10-20)21(12-6-1-2-7-13-24(28)29)25(22)26-14-17-30-18-15-26/h1-5,8-11,21,23,25H,6-7,12-19H2,(H,28,29)/b2-1-,11-8+/t21-,23-,25+/m0/s1. The van der Waals surface area contributed by atoms with E-state index >= 15 is 0 Å². The molecule has 3 rings (SSSR count). The molecule has 0 aromatic heterocycles. The van der Waals surface area contributed by atoms with Gasteiger partial charge >= 0.3 is 5.97 Å². The number of morpholine rings is 1. The first-order valence-corrected chi connectivity index (χ1v) is 11.2. The molecule has 2 aliphatic rings. The van der Waals surface area contributed by atoms with Crippen LogP contribution in [-0.2, 0) is 19.1 Å². The minimum absolute atomic E-state index is 0.0896. The van der Waals surface area contributed by atoms with E-state index in [0.29, 0.717) is 32.7 Å². The van der Waals surface area contributed by atoms with Crippen molar-refractivity contribution >= 4 is 17.8 Å². The number of carboxylic acids is 1. The average molecular weight is 428 g/mol. The Balaban J connectivity index is 1.57. The van der Waals surface area contributed by atoms with Crippen molar-refractivity contribution < 1.29 is 24.2 Å². The molecule has 0 radical (unpaired) electrons. The highest BCUT2D eigenvalue weighted by Gasteiger charge is 2.45. The quantitative estimate of drug-likeness (QED) is 0.544. The predicted molar refractivity (Wildman–Crippen MR) is 120 cm³/mol. The highest BCUT2D eigenvalue weighted by molar-refractivity contribution is 5.87. The van der Waals surface area contributed by atoms with Gasteiger partial charge in [-0.1, -0.05) is 54.6 Å². The van der Waals surface area contributed by atoms with Crippen LogP contribution in [0.5, 0.6) is 0 Å². The van der Waals surface area contributed by atoms with Crippen molar-refractivity contribution in [1.82, 2.24) is 4.90 Å². The molecule has 1 aliphatic heterocycles. The fourth-order valence-corrected chi connectivity index (χ4v) is 4.43. The van der Waals surface area contributed by atoms with Crippen LogP contribution in [0, 0.1) is 5.92 Å². The highest BCUT2D eigenvalue weighted by Crippen LogP contribution is 2.34. The molecule has 2 fully saturated rings. The number of carbonyl (C=O) groups excluding carboxylic acids is 1. The lowest BCUT2D eigenvalue weighted by Crippen LogP contribution is -2.49. The number of Topliss-reactive ketones (excluding diaryl/α,β-unsaturated/α-hetero) is 1. The third-order valence-electron chi connectivity index (χ3n) is 5.93. The van der Waals surface area contributed by atoms with Gasteiger partial charge in [0.1, 0.15) is 0 Å². The Morgan fingerprint density at radius 2 is 1.87 bits per heavy atom. The molecule has 1 heterocycles. The van der Waals surface area contributed by atoms with Gasteiger partial charge in [-0.3, -0.25) is 14.5 Å². The molecule has 0 amide bonds. The summed E-state index contributed by atoms with van der Waals surface area (Å²) in [6.07, 6.45) is 10.7. The van der Waals surface area contributed by atoms with Gasteiger partial charge in [0, 0.05) is 31.8 Å². The van der Waals surface area contributed by atoms with Crippen LogP contribution in [0.1, 0.15) is 37.7 Å². The number of allylic oxidation sites excluding steroid dienone is 2. The first kappa shape index (κ1) is 23.4. The van der Waals surface area contributed by atoms with Gasteiger partial charge in [0.2, 0.25) is 0 Å². The molecule has 168 valence electrons. The number of carbonyl (C=O) groups is 2. The van der Waals surface area contributed by atoms with E-state index < -0.39 is 5.97 Å². The van der Waals surface area contributed by atoms with Crippen LogP contribution in [0.25, 0.3) is 6.08 Å². The molecule has 0 unspecified atom stereocenters. The minimum Gasteiger partial charge on any atom is -0.481 e. The first-order valence-electron chi connectivity index (χ1n) is 11.2. The second-order valence-electron chi connectivity index (χ2n) is 8.09. The van der Waals surface area contributed by atoms with E-state index in [9.17, 15) is 9.59 Å². The van der Waals surface area contributed by atoms with E-state index in [4.69, 9.17) is 14.6 Å². The van der Waals surface area contributed by atoms with Gasteiger partial charge in [-0.05, 0) is 24.8 Å². The number of ether oxygens (including phenoxy) is 2. The molecule has 0 spiro atoms. The van der Waals surface area contributed by atoms with Crippen LogP contribution >= 0.6 is 0 Å². The van der Waals surface area contributed by atoms with E-state index in [1.807, 2.05) is 54.6 Å². The Hall–Kier alpha value is -2.28. The number of rotatable bonds is 11. The molecule has 1 saturated carbocycles. The summed E-state index contributed by atoms with van der Waals surface area (Å²) in [5.74, 6) is -0.380. The van der Waals surface area contributed by atoms with E-state index in [-0.39, 0.29) is 30.3 Å². The van der Waals surface area contributed by atoms with Crippen LogP contribution in [0.15, 0.2) is 48.6 Å². The zero-order valence-electron chi connectivity index (χ0n) is 18.0. The van der Waals surface area contributed by atoms with Crippen molar-refractivity contribution in [1.29, 1.82) is 0 Å². The number of carboxylic acid groups (broad SMARTS) is 1. The Bertz CT molecular complexity index is 754. The van der Waals surface area contributed by atoms with Crippen molar-refractivity contribution in [2.24, 2.45) is 5.92 Å². The van der Waals surface area contributed by atoms with Crippen LogP contribution < -0.4 is 0 Å². The van der Waals surface area contributed by atoms with Crippen molar-refractivity contribution in [2.45, 2.75) is 44.2 Å². The molecule has 3 atom stereocenters. The number of nitrogens with zero attached hydrogens (tertiary/aromatic N) is 1. The lowest BCUT2D eigenvalue weighted by molar-refractivity contribution is -0.136. The molecule has 1 aromatic carbocycles. The maximum atomic E-state index is 12.9. The molecule has 1 aromatic rings. The van der Waals surface area contributed by atoms with Gasteiger partial charge in [0.15, 0.2) is 5.78 Å². The van der Waals surface area contributed by atoms with Crippen LogP contribution in [0.4, 0.5) is 0 Å². The van der Waals surface area contributed by atoms with Crippen molar-refractivity contribution in [3.05, 3.63) is 54.1 Å². The number of benzene rings is 1. The van der Waals surface area contributed by atoms with Crippen LogP contribution in [0.2, 0.25) is 0 Å². The molecule has 6 heteroatoms. The second kappa shape index (κ2) is 12.5. The summed E-state index contributed by atoms with van der Waals surface area (Å²) < 4.78 is 11.6. The average Bonchev–Trinajstić information content (AvgIpc) is 3.09. The smallest absolute Gasteiger partial charge is 0.303 e. The summed E-state index contributed by atoms with van der Waals surface area (Å²) in [6.45, 7) is 3.37. The van der Waals surface area contributed by atoms with Crippen LogP contribution in [-0.4, -0.2) is 66.8 Å². The van der Waals surface area contributed by atoms with Gasteiger partial charge < -0.3 is 14.6 Å². The van der Waals surface area contributed by atoms with Crippen molar-refractivity contribution in [3.8, 4) is 0 Å². The molecular weight excluding hydrogens is 394 g/mol. The largest absolute Gasteiger partial charge is 0.481 e. The molecule has 0 bridgehead atoms. The molecule has 6 nitrogen and oxygen atoms in total. The maximum absolute atomic E-state index is 12.9. The summed E-state index contributed by atoms with van der Waals surface area (Å²) in [6, 6.07) is 9.98. The van der Waals surface area contributed by atoms with Crippen molar-refractivity contribution in [2.75, 3.05) is 32.9 Å². The van der Waals surface area contributed by atoms with E-state index in [2.05, 4.69) is 4.90 Å². The third kappa shape index (κ3) is 7.42. The number of ketones is 1. The van der Waals surface area contributed by atoms with E-state index in [0.717, 1.165) is 31.5 Å². The van der Waals surface area contributed by atoms with Gasteiger partial charge in [-0.2, -0.15) is 0 Å². The minimum atomic E-state index is -0.782. The topological polar surface area (TPSA) is 76.1 Å². The summed E-state index contributed by atoms with van der Waals surface area (Å²) in [4.78, 5) is 25.8. The third-order valence-corrected chi connectivity index (χ3v) is 5.93. The van der Waals surface area contributed by atoms with Gasteiger partial charge in [-0.25, -0.2) is 0 Å². The monoisotopic (exact) mass is 427 g/mol. The zero-order valence-corrected chi connectivity index (χ0v) is 18.0. The number of hydrogen-bond donors (Lipinski definition) is 1. The maximum Gasteiger partial charge on any atom is 0.303 e. The molecule has 1 N–H and O–H groups in total. The Kier molecular flexibility index (Phi) is 9.46.